The van der Waals surface area contributed by atoms with Gasteiger partial charge in [-0.25, -0.2) is 4.98 Å². The van der Waals surface area contributed by atoms with Crippen LogP contribution in [-0.2, 0) is 0 Å². The summed E-state index contributed by atoms with van der Waals surface area (Å²) in [6.07, 6.45) is 1.73. The Bertz CT molecular complexity index is 632. The van der Waals surface area contributed by atoms with Crippen LogP contribution in [0.25, 0.3) is 0 Å². The predicted molar refractivity (Wildman–Crippen MR) is 81.2 cm³/mol. The van der Waals surface area contributed by atoms with Crippen molar-refractivity contribution in [1.82, 2.24) is 4.98 Å². The fourth-order valence-corrected chi connectivity index (χ4v) is 2.01. The van der Waals surface area contributed by atoms with Crippen molar-refractivity contribution >= 4 is 28.8 Å². The third kappa shape index (κ3) is 2.88. The number of nitrogens with zero attached hydrogens (tertiary/aromatic N) is 1. The van der Waals surface area contributed by atoms with Crippen LogP contribution in [0, 0.1) is 6.92 Å². The summed E-state index contributed by atoms with van der Waals surface area (Å²) in [6, 6.07) is 5.25. The Morgan fingerprint density at radius 1 is 1.15 bits per heavy atom. The van der Waals surface area contributed by atoms with Gasteiger partial charge in [-0.1, -0.05) is 11.6 Å². The van der Waals surface area contributed by atoms with Crippen molar-refractivity contribution in [3.63, 3.8) is 0 Å². The van der Waals surface area contributed by atoms with Gasteiger partial charge >= 0.3 is 0 Å². The second kappa shape index (κ2) is 5.88. The van der Waals surface area contributed by atoms with Crippen LogP contribution >= 0.6 is 11.6 Å². The Balaban J connectivity index is 2.41. The Labute approximate surface area is 122 Å². The molecular formula is C14H16ClN3O2. The third-order valence-corrected chi connectivity index (χ3v) is 3.08. The van der Waals surface area contributed by atoms with E-state index in [2.05, 4.69) is 10.3 Å². The number of hydrogen-bond donors (Lipinski definition) is 2. The van der Waals surface area contributed by atoms with Crippen molar-refractivity contribution in [2.45, 2.75) is 6.92 Å². The number of nitrogens with two attached hydrogens (primary N) is 1. The molecule has 0 aliphatic rings. The van der Waals surface area contributed by atoms with Crippen molar-refractivity contribution < 1.29 is 9.47 Å². The van der Waals surface area contributed by atoms with Crippen molar-refractivity contribution in [3.8, 4) is 11.5 Å². The number of aromatic nitrogens is 1. The highest BCUT2D eigenvalue weighted by Crippen LogP contribution is 2.37. The van der Waals surface area contributed by atoms with Gasteiger partial charge in [0.2, 0.25) is 0 Å². The van der Waals surface area contributed by atoms with Gasteiger partial charge in [-0.05, 0) is 18.6 Å². The first kappa shape index (κ1) is 14.3. The summed E-state index contributed by atoms with van der Waals surface area (Å²) in [6.45, 7) is 1.93. The van der Waals surface area contributed by atoms with Crippen LogP contribution in [0.5, 0.6) is 11.5 Å². The number of methoxy groups -OCH3 is 2. The topological polar surface area (TPSA) is 69.4 Å². The lowest BCUT2D eigenvalue weighted by Crippen LogP contribution is -2.01. The van der Waals surface area contributed by atoms with Gasteiger partial charge in [0.15, 0.2) is 5.82 Å². The zero-order chi connectivity index (χ0) is 14.7. The lowest BCUT2D eigenvalue weighted by molar-refractivity contribution is 0.405. The quantitative estimate of drug-likeness (QED) is 0.904. The maximum Gasteiger partial charge on any atom is 0.153 e. The molecule has 0 fully saturated rings. The highest BCUT2D eigenvalue weighted by atomic mass is 35.5. The molecule has 20 heavy (non-hydrogen) atoms. The van der Waals surface area contributed by atoms with Gasteiger partial charge in [-0.2, -0.15) is 0 Å². The second-order valence-corrected chi connectivity index (χ2v) is 4.67. The molecule has 1 aromatic heterocycles. The zero-order valence-electron chi connectivity index (χ0n) is 11.5. The number of ether oxygens (including phenoxy) is 2. The van der Waals surface area contributed by atoms with Crippen LogP contribution in [0.4, 0.5) is 17.2 Å². The van der Waals surface area contributed by atoms with E-state index in [1.165, 1.54) is 0 Å². The van der Waals surface area contributed by atoms with Crippen molar-refractivity contribution in [2.75, 3.05) is 25.3 Å². The molecule has 0 saturated carbocycles. The first-order valence-electron chi connectivity index (χ1n) is 5.95. The molecule has 6 heteroatoms. The lowest BCUT2D eigenvalue weighted by Gasteiger charge is -2.14. The smallest absolute Gasteiger partial charge is 0.153 e. The number of hydrogen-bond acceptors (Lipinski definition) is 5. The Hall–Kier alpha value is -2.14. The van der Waals surface area contributed by atoms with Crippen molar-refractivity contribution in [3.05, 3.63) is 35.0 Å². The van der Waals surface area contributed by atoms with Gasteiger partial charge in [-0.15, -0.1) is 0 Å². The van der Waals surface area contributed by atoms with Crippen LogP contribution in [0.1, 0.15) is 5.56 Å². The molecule has 2 rings (SSSR count). The molecule has 0 saturated heterocycles. The Morgan fingerprint density at radius 3 is 2.45 bits per heavy atom. The Kier molecular flexibility index (Phi) is 4.20. The van der Waals surface area contributed by atoms with E-state index in [1.54, 1.807) is 32.5 Å². The van der Waals surface area contributed by atoms with E-state index < -0.39 is 0 Å². The van der Waals surface area contributed by atoms with Crippen LogP contribution < -0.4 is 20.5 Å². The van der Waals surface area contributed by atoms with Gasteiger partial charge in [0.05, 0.1) is 30.6 Å². The molecule has 1 heterocycles. The monoisotopic (exact) mass is 293 g/mol. The molecule has 5 nitrogen and oxygen atoms in total. The van der Waals surface area contributed by atoms with E-state index in [1.807, 2.05) is 13.0 Å². The highest BCUT2D eigenvalue weighted by molar-refractivity contribution is 6.32. The standard InChI is InChI=1S/C14H16ClN3O2/c1-8-4-10(16)14(17-7-8)18-11-6-12(19-2)9(15)5-13(11)20-3/h4-7H,16H2,1-3H3,(H,17,18). The number of aryl methyl sites for hydroxylation is 1. The van der Waals surface area contributed by atoms with Crippen molar-refractivity contribution in [2.24, 2.45) is 0 Å². The van der Waals surface area contributed by atoms with E-state index in [-0.39, 0.29) is 0 Å². The van der Waals surface area contributed by atoms with Gasteiger partial charge in [0.1, 0.15) is 11.5 Å². The zero-order valence-corrected chi connectivity index (χ0v) is 12.3. The van der Waals surface area contributed by atoms with Gasteiger partial charge < -0.3 is 20.5 Å². The molecule has 2 aromatic rings. The van der Waals surface area contributed by atoms with Gasteiger partial charge in [0.25, 0.3) is 0 Å². The van der Waals surface area contributed by atoms with E-state index >= 15 is 0 Å². The molecule has 0 atom stereocenters. The van der Waals surface area contributed by atoms with Crippen LogP contribution in [0.3, 0.4) is 0 Å². The van der Waals surface area contributed by atoms with Crippen LogP contribution in [0.15, 0.2) is 24.4 Å². The molecule has 3 N–H and O–H groups in total. The first-order chi connectivity index (χ1) is 9.55. The summed E-state index contributed by atoms with van der Waals surface area (Å²) in [7, 11) is 3.12. The molecule has 0 aliphatic heterocycles. The SMILES string of the molecule is COc1cc(Nc2ncc(C)cc2N)c(OC)cc1Cl. The minimum Gasteiger partial charge on any atom is -0.495 e. The average Bonchev–Trinajstić information content (AvgIpc) is 2.43. The van der Waals surface area contributed by atoms with Crippen LogP contribution in [-0.4, -0.2) is 19.2 Å². The average molecular weight is 294 g/mol. The fraction of sp³-hybridized carbons (Fsp3) is 0.214. The maximum absolute atomic E-state index is 6.06. The van der Waals surface area contributed by atoms with Crippen LogP contribution in [0.2, 0.25) is 5.02 Å². The molecule has 0 bridgehead atoms. The molecule has 1 aromatic carbocycles. The minimum atomic E-state index is 0.472. The molecule has 0 spiro atoms. The maximum atomic E-state index is 6.06. The van der Waals surface area contributed by atoms with Gasteiger partial charge in [-0.3, -0.25) is 0 Å². The predicted octanol–water partition coefficient (Wildman–Crippen LogP) is 3.39. The van der Waals surface area contributed by atoms with E-state index in [4.69, 9.17) is 26.8 Å². The minimum absolute atomic E-state index is 0.472. The summed E-state index contributed by atoms with van der Waals surface area (Å²) in [5.41, 5.74) is 8.17. The molecule has 0 unspecified atom stereocenters. The molecule has 106 valence electrons. The summed E-state index contributed by atoms with van der Waals surface area (Å²) < 4.78 is 10.5. The molecular weight excluding hydrogens is 278 g/mol. The highest BCUT2D eigenvalue weighted by Gasteiger charge is 2.11. The summed E-state index contributed by atoms with van der Waals surface area (Å²) in [5, 5.41) is 3.59. The Morgan fingerprint density at radius 2 is 1.85 bits per heavy atom. The first-order valence-corrected chi connectivity index (χ1v) is 6.33. The van der Waals surface area contributed by atoms with E-state index in [0.717, 1.165) is 5.56 Å². The largest absolute Gasteiger partial charge is 0.495 e. The molecule has 0 radical (unpaired) electrons. The van der Waals surface area contributed by atoms with Gasteiger partial charge in [0, 0.05) is 18.3 Å². The third-order valence-electron chi connectivity index (χ3n) is 2.78. The number of nitrogen functional groups attached to an aromatic ring is 1. The number of benzene rings is 1. The lowest BCUT2D eigenvalue weighted by atomic mass is 10.2. The number of anilines is 3. The summed E-state index contributed by atoms with van der Waals surface area (Å²) in [5.74, 6) is 1.68. The van der Waals surface area contributed by atoms with E-state index in [0.29, 0.717) is 33.7 Å². The second-order valence-electron chi connectivity index (χ2n) is 4.26. The number of nitrogens with one attached hydrogen (secondary N) is 1. The normalized spacial score (nSPS) is 10.2. The summed E-state index contributed by atoms with van der Waals surface area (Å²) in [4.78, 5) is 4.26. The molecule has 0 amide bonds. The summed E-state index contributed by atoms with van der Waals surface area (Å²) >= 11 is 6.06. The number of pyridine rings is 1. The fourth-order valence-electron chi connectivity index (χ4n) is 1.78. The van der Waals surface area contributed by atoms with E-state index in [9.17, 15) is 0 Å². The molecule has 0 aliphatic carbocycles. The number of rotatable bonds is 4. The number of halogens is 1. The van der Waals surface area contributed by atoms with Crippen molar-refractivity contribution in [1.29, 1.82) is 0 Å².